The van der Waals surface area contributed by atoms with Crippen LogP contribution >= 0.6 is 0 Å². The van der Waals surface area contributed by atoms with E-state index in [1.807, 2.05) is 6.92 Å². The van der Waals surface area contributed by atoms with E-state index in [0.29, 0.717) is 0 Å². The van der Waals surface area contributed by atoms with Crippen LogP contribution in [0, 0.1) is 0 Å². The van der Waals surface area contributed by atoms with Gasteiger partial charge in [-0.3, -0.25) is 4.99 Å². The molecule has 0 bridgehead atoms. The molecule has 0 aromatic heterocycles. The molecule has 1 rings (SSSR count). The van der Waals surface area contributed by atoms with Crippen LogP contribution in [-0.4, -0.2) is 5.71 Å². The zero-order valence-corrected chi connectivity index (χ0v) is 4.81. The average molecular weight is 108 g/mol. The minimum Gasteiger partial charge on any atom is -0.359 e. The van der Waals surface area contributed by atoms with E-state index in [1.54, 1.807) is 12.4 Å². The first-order valence-electron chi connectivity index (χ1n) is 2.46. The molecule has 0 unspecified atom stereocenters. The minimum absolute atomic E-state index is 0.882. The molecule has 2 heteroatoms. The summed E-state index contributed by atoms with van der Waals surface area (Å²) in [5.41, 5.74) is 1.83. The summed E-state index contributed by atoms with van der Waals surface area (Å²) in [5.74, 6) is 0. The van der Waals surface area contributed by atoms with Crippen molar-refractivity contribution in [3.05, 3.63) is 24.7 Å². The molecule has 0 saturated carbocycles. The fourth-order valence-corrected chi connectivity index (χ4v) is 0.469. The predicted molar refractivity (Wildman–Crippen MR) is 34.5 cm³/mol. The van der Waals surface area contributed by atoms with Gasteiger partial charge in [-0.25, -0.2) is 0 Å². The van der Waals surface area contributed by atoms with Crippen LogP contribution in [0.2, 0.25) is 0 Å². The number of hydrogen-bond donors (Lipinski definition) is 1. The molecule has 1 aliphatic rings. The van der Waals surface area contributed by atoms with Crippen molar-refractivity contribution in [2.75, 3.05) is 0 Å². The maximum Gasteiger partial charge on any atom is 0.0601 e. The maximum absolute atomic E-state index is 3.98. The molecule has 0 aromatic carbocycles. The van der Waals surface area contributed by atoms with Gasteiger partial charge in [-0.15, -0.1) is 0 Å². The van der Waals surface area contributed by atoms with Crippen molar-refractivity contribution >= 4 is 5.71 Å². The van der Waals surface area contributed by atoms with E-state index in [1.165, 1.54) is 0 Å². The predicted octanol–water partition coefficient (Wildman–Crippen LogP) is 1.04. The van der Waals surface area contributed by atoms with Gasteiger partial charge in [0.25, 0.3) is 0 Å². The van der Waals surface area contributed by atoms with Crippen molar-refractivity contribution in [2.24, 2.45) is 4.99 Å². The summed E-state index contributed by atoms with van der Waals surface area (Å²) in [6, 6.07) is 0. The van der Waals surface area contributed by atoms with Crippen molar-refractivity contribution in [3.63, 3.8) is 0 Å². The summed E-state index contributed by atoms with van der Waals surface area (Å²) >= 11 is 0. The Bertz CT molecular complexity index is 165. The highest BCUT2D eigenvalue weighted by atomic mass is 14.9. The number of allylic oxidation sites excluding steroid dienone is 1. The molecule has 1 N–H and O–H groups in total. The van der Waals surface area contributed by atoms with Crippen molar-refractivity contribution < 1.29 is 0 Å². The van der Waals surface area contributed by atoms with Gasteiger partial charge in [0, 0.05) is 12.4 Å². The molecule has 0 aromatic rings. The SMILES string of the molecule is C=C1NC=CN=C1C. The van der Waals surface area contributed by atoms with E-state index in [9.17, 15) is 0 Å². The molecule has 1 aliphatic heterocycles. The molecular formula is C6H8N2. The highest BCUT2D eigenvalue weighted by molar-refractivity contribution is 5.98. The zero-order chi connectivity index (χ0) is 5.98. The number of nitrogens with zero attached hydrogens (tertiary/aromatic N) is 1. The molecule has 0 spiro atoms. The second-order valence-corrected chi connectivity index (χ2v) is 1.65. The van der Waals surface area contributed by atoms with Crippen LogP contribution in [0.25, 0.3) is 0 Å². The molecule has 8 heavy (non-hydrogen) atoms. The first kappa shape index (κ1) is 5.09. The molecule has 1 heterocycles. The van der Waals surface area contributed by atoms with E-state index >= 15 is 0 Å². The molecule has 0 saturated heterocycles. The largest absolute Gasteiger partial charge is 0.359 e. The van der Waals surface area contributed by atoms with Gasteiger partial charge >= 0.3 is 0 Å². The van der Waals surface area contributed by atoms with Crippen molar-refractivity contribution in [3.8, 4) is 0 Å². The molecule has 0 atom stereocenters. The summed E-state index contributed by atoms with van der Waals surface area (Å²) in [5, 5.41) is 2.93. The molecule has 0 radical (unpaired) electrons. The van der Waals surface area contributed by atoms with E-state index in [2.05, 4.69) is 16.9 Å². The summed E-state index contributed by atoms with van der Waals surface area (Å²) in [6.07, 6.45) is 3.47. The standard InChI is InChI=1S/C6H8N2/c1-5-6(2)8-4-3-7-5/h3-4,7H,1H2,2H3. The van der Waals surface area contributed by atoms with Crippen LogP contribution in [0.3, 0.4) is 0 Å². The van der Waals surface area contributed by atoms with Crippen molar-refractivity contribution in [1.29, 1.82) is 0 Å². The summed E-state index contributed by atoms with van der Waals surface area (Å²) in [6.45, 7) is 5.62. The highest BCUT2D eigenvalue weighted by Gasteiger charge is 1.95. The third-order valence-electron chi connectivity index (χ3n) is 1.04. The molecule has 0 fully saturated rings. The average Bonchev–Trinajstić information content (AvgIpc) is 1.77. The second-order valence-electron chi connectivity index (χ2n) is 1.65. The Morgan fingerprint density at radius 1 is 1.75 bits per heavy atom. The lowest BCUT2D eigenvalue weighted by atomic mass is 10.3. The van der Waals surface area contributed by atoms with Crippen LogP contribution in [0.5, 0.6) is 0 Å². The first-order chi connectivity index (χ1) is 3.80. The number of nitrogens with one attached hydrogen (secondary N) is 1. The summed E-state index contributed by atoms with van der Waals surface area (Å²) in [4.78, 5) is 3.98. The Labute approximate surface area is 48.6 Å². The van der Waals surface area contributed by atoms with Gasteiger partial charge in [-0.1, -0.05) is 6.58 Å². The fraction of sp³-hybridized carbons (Fsp3) is 0.167. The van der Waals surface area contributed by atoms with Gasteiger partial charge in [0.15, 0.2) is 0 Å². The van der Waals surface area contributed by atoms with Crippen LogP contribution in [0.15, 0.2) is 29.7 Å². The molecular weight excluding hydrogens is 100 g/mol. The fourth-order valence-electron chi connectivity index (χ4n) is 0.469. The van der Waals surface area contributed by atoms with Crippen LogP contribution in [0.4, 0.5) is 0 Å². The quantitative estimate of drug-likeness (QED) is 0.492. The summed E-state index contributed by atoms with van der Waals surface area (Å²) < 4.78 is 0. The van der Waals surface area contributed by atoms with Gasteiger partial charge in [0.05, 0.1) is 11.4 Å². The Kier molecular flexibility index (Phi) is 1.16. The Morgan fingerprint density at radius 2 is 2.50 bits per heavy atom. The van der Waals surface area contributed by atoms with Crippen LogP contribution in [-0.2, 0) is 0 Å². The first-order valence-corrected chi connectivity index (χ1v) is 2.46. The highest BCUT2D eigenvalue weighted by Crippen LogP contribution is 1.95. The Morgan fingerprint density at radius 3 is 2.88 bits per heavy atom. The van der Waals surface area contributed by atoms with Gasteiger partial charge in [-0.2, -0.15) is 0 Å². The molecule has 42 valence electrons. The van der Waals surface area contributed by atoms with Crippen LogP contribution < -0.4 is 5.32 Å². The topological polar surface area (TPSA) is 24.4 Å². The zero-order valence-electron chi connectivity index (χ0n) is 4.81. The normalized spacial score (nSPS) is 17.6. The van der Waals surface area contributed by atoms with Crippen molar-refractivity contribution in [2.45, 2.75) is 6.92 Å². The monoisotopic (exact) mass is 108 g/mol. The van der Waals surface area contributed by atoms with Crippen LogP contribution in [0.1, 0.15) is 6.92 Å². The second kappa shape index (κ2) is 1.82. The maximum atomic E-state index is 3.98. The van der Waals surface area contributed by atoms with Gasteiger partial charge < -0.3 is 5.32 Å². The smallest absolute Gasteiger partial charge is 0.0601 e. The lowest BCUT2D eigenvalue weighted by Gasteiger charge is -2.06. The van der Waals surface area contributed by atoms with Gasteiger partial charge in [0.2, 0.25) is 0 Å². The number of rotatable bonds is 0. The third-order valence-corrected chi connectivity index (χ3v) is 1.04. The third kappa shape index (κ3) is 0.780. The molecule has 0 amide bonds. The number of aliphatic imine (C=N–C) groups is 1. The lowest BCUT2D eigenvalue weighted by molar-refractivity contribution is 1.10. The van der Waals surface area contributed by atoms with E-state index < -0.39 is 0 Å². The van der Waals surface area contributed by atoms with Gasteiger partial charge in [0.1, 0.15) is 0 Å². The Balaban J connectivity index is 2.80. The van der Waals surface area contributed by atoms with E-state index in [-0.39, 0.29) is 0 Å². The van der Waals surface area contributed by atoms with Gasteiger partial charge in [-0.05, 0) is 6.92 Å². The Hall–Kier alpha value is -1.05. The molecule has 2 nitrogen and oxygen atoms in total. The van der Waals surface area contributed by atoms with Crippen molar-refractivity contribution in [1.82, 2.24) is 5.32 Å². The number of hydrogen-bond acceptors (Lipinski definition) is 2. The van der Waals surface area contributed by atoms with E-state index in [0.717, 1.165) is 11.4 Å². The molecule has 0 aliphatic carbocycles. The minimum atomic E-state index is 0.882. The van der Waals surface area contributed by atoms with E-state index in [4.69, 9.17) is 0 Å². The lowest BCUT2D eigenvalue weighted by Crippen LogP contribution is -2.13. The summed E-state index contributed by atoms with van der Waals surface area (Å²) in [7, 11) is 0.